The minimum absolute atomic E-state index is 0.167. The van der Waals surface area contributed by atoms with Crippen LogP contribution in [0.25, 0.3) is 22.2 Å². The highest BCUT2D eigenvalue weighted by molar-refractivity contribution is 6.05. The van der Waals surface area contributed by atoms with Crippen LogP contribution in [0.15, 0.2) is 48.7 Å². The summed E-state index contributed by atoms with van der Waals surface area (Å²) in [6.07, 6.45) is 5.81. The van der Waals surface area contributed by atoms with Gasteiger partial charge < -0.3 is 31.0 Å². The molecule has 314 valence electrons. The number of carbonyl (C=O) groups excluding carboxylic acids is 4. The van der Waals surface area contributed by atoms with E-state index in [1.54, 1.807) is 49.7 Å². The first-order valence-electron chi connectivity index (χ1n) is 19.9. The van der Waals surface area contributed by atoms with Gasteiger partial charge in [-0.25, -0.2) is 15.0 Å². The van der Waals surface area contributed by atoms with Gasteiger partial charge in [0.05, 0.1) is 29.1 Å². The quantitative estimate of drug-likeness (QED) is 0.0658. The van der Waals surface area contributed by atoms with Crippen molar-refractivity contribution >= 4 is 57.7 Å². The summed E-state index contributed by atoms with van der Waals surface area (Å²) in [5, 5.41) is 18.0. The van der Waals surface area contributed by atoms with Gasteiger partial charge in [0.1, 0.15) is 28.2 Å². The monoisotopic (exact) mass is 819 g/mol. The fourth-order valence-electron chi connectivity index (χ4n) is 7.20. The Kier molecular flexibility index (Phi) is 12.3. The summed E-state index contributed by atoms with van der Waals surface area (Å²) < 4.78 is 13.1. The maximum Gasteiger partial charge on any atom is 0.276 e. The first kappa shape index (κ1) is 41.2. The second kappa shape index (κ2) is 17.9. The fraction of sp³-hybridized carbons (Fsp3) is 0.375. The summed E-state index contributed by atoms with van der Waals surface area (Å²) in [6.45, 7) is 13.7. The molecule has 0 aliphatic carbocycles. The number of carbonyl (C=O) groups is 4. The highest BCUT2D eigenvalue weighted by Crippen LogP contribution is 2.32. The van der Waals surface area contributed by atoms with Gasteiger partial charge in [0.2, 0.25) is 23.7 Å². The average molecular weight is 820 g/mol. The van der Waals surface area contributed by atoms with E-state index >= 15 is 0 Å². The van der Waals surface area contributed by atoms with E-state index in [1.807, 2.05) is 32.9 Å². The molecule has 0 spiro atoms. The molecule has 5 aromatic heterocycles. The molecule has 7 N–H and O–H groups in total. The van der Waals surface area contributed by atoms with E-state index in [0.717, 1.165) is 39.1 Å². The molecule has 0 bridgehead atoms. The second-order valence-corrected chi connectivity index (χ2v) is 14.4. The molecule has 6 aromatic rings. The van der Waals surface area contributed by atoms with E-state index in [1.165, 1.54) is 12.3 Å². The van der Waals surface area contributed by atoms with Crippen molar-refractivity contribution in [3.63, 3.8) is 0 Å². The van der Waals surface area contributed by atoms with Gasteiger partial charge in [-0.1, -0.05) is 12.2 Å². The van der Waals surface area contributed by atoms with E-state index in [-0.39, 0.29) is 36.1 Å². The SMILES string of the molecule is CCn1nc(C)cc1C(=O)Nc1nc2cc(C(N)=O)cnc2n1CC=CCn1c(NC(=O)c2cc(C)nn2CC)nc2cc(C(N)=O)cc(OCCCN3CCNCC3)c21. The van der Waals surface area contributed by atoms with Crippen LogP contribution in [0, 0.1) is 13.8 Å². The number of pyridine rings is 1. The molecule has 20 heteroatoms. The third-order valence-electron chi connectivity index (χ3n) is 10.1. The zero-order chi connectivity index (χ0) is 42.5. The highest BCUT2D eigenvalue weighted by Gasteiger charge is 2.23. The lowest BCUT2D eigenvalue weighted by Crippen LogP contribution is -2.43. The summed E-state index contributed by atoms with van der Waals surface area (Å²) in [7, 11) is 0. The lowest BCUT2D eigenvalue weighted by atomic mass is 10.1. The van der Waals surface area contributed by atoms with Crippen LogP contribution in [0.1, 0.15) is 73.3 Å². The smallest absolute Gasteiger partial charge is 0.276 e. The number of nitrogens with two attached hydrogens (primary N) is 2. The van der Waals surface area contributed by atoms with Crippen molar-refractivity contribution in [3.05, 3.63) is 82.6 Å². The number of piperazine rings is 1. The standard InChI is InChI=1S/C40H49N15O5/c1-5-54-30(18-24(3)49-54)37(58)47-39-45-28-20-26(34(41)56)22-32(60-17-9-12-51-15-10-43-11-16-51)33(28)52(39)13-7-8-14-53-36-29(21-27(23-44-36)35(42)57)46-40(53)48-38(59)31-19-25(4)50-55(31)6-2/h7-8,18-23,43H,5-6,9-17H2,1-4H3,(H2,41,56)(H2,42,57)(H,45,47,58)(H,46,48,59). The number of nitrogens with one attached hydrogen (secondary N) is 3. The van der Waals surface area contributed by atoms with E-state index in [2.05, 4.69) is 41.0 Å². The summed E-state index contributed by atoms with van der Waals surface area (Å²) in [5.74, 6) is -1.37. The Bertz CT molecular complexity index is 2610. The third kappa shape index (κ3) is 8.88. The number of aryl methyl sites for hydroxylation is 4. The van der Waals surface area contributed by atoms with Crippen LogP contribution >= 0.6 is 0 Å². The molecule has 60 heavy (non-hydrogen) atoms. The molecular formula is C40H49N15O5. The van der Waals surface area contributed by atoms with Crippen LogP contribution in [-0.4, -0.2) is 112 Å². The van der Waals surface area contributed by atoms with Crippen molar-refractivity contribution in [2.45, 2.75) is 60.3 Å². The Morgan fingerprint density at radius 1 is 0.783 bits per heavy atom. The number of fused-ring (bicyclic) bond motifs is 2. The van der Waals surface area contributed by atoms with Gasteiger partial charge in [-0.15, -0.1) is 0 Å². The molecule has 1 aromatic carbocycles. The van der Waals surface area contributed by atoms with Crippen LogP contribution in [0.2, 0.25) is 0 Å². The summed E-state index contributed by atoms with van der Waals surface area (Å²) in [5.41, 5.74) is 15.5. The van der Waals surface area contributed by atoms with Gasteiger partial charge in [-0.3, -0.25) is 43.7 Å². The molecule has 0 radical (unpaired) electrons. The zero-order valence-corrected chi connectivity index (χ0v) is 34.1. The predicted octanol–water partition coefficient (Wildman–Crippen LogP) is 2.46. The molecule has 1 aliphatic heterocycles. The first-order valence-corrected chi connectivity index (χ1v) is 19.9. The molecular weight excluding hydrogens is 771 g/mol. The Hall–Kier alpha value is -6.93. The van der Waals surface area contributed by atoms with Crippen molar-refractivity contribution in [1.82, 2.24) is 53.9 Å². The molecule has 20 nitrogen and oxygen atoms in total. The molecule has 1 aliphatic rings. The maximum absolute atomic E-state index is 13.8. The molecule has 0 atom stereocenters. The number of aromatic nitrogens is 9. The van der Waals surface area contributed by atoms with Crippen molar-refractivity contribution in [1.29, 1.82) is 0 Å². The number of primary amides is 2. The highest BCUT2D eigenvalue weighted by atomic mass is 16.5. The van der Waals surface area contributed by atoms with Crippen molar-refractivity contribution in [3.8, 4) is 5.75 Å². The number of imidazole rings is 2. The molecule has 1 fully saturated rings. The molecule has 1 saturated heterocycles. The second-order valence-electron chi connectivity index (χ2n) is 14.4. The van der Waals surface area contributed by atoms with Gasteiger partial charge in [0.15, 0.2) is 5.65 Å². The molecule has 0 saturated carbocycles. The number of hydrogen-bond donors (Lipinski definition) is 5. The van der Waals surface area contributed by atoms with E-state index in [0.29, 0.717) is 70.4 Å². The fourth-order valence-corrected chi connectivity index (χ4v) is 7.20. The molecule has 7 rings (SSSR count). The van der Waals surface area contributed by atoms with Gasteiger partial charge >= 0.3 is 0 Å². The lowest BCUT2D eigenvalue weighted by Gasteiger charge is -2.27. The van der Waals surface area contributed by atoms with Crippen molar-refractivity contribution in [2.75, 3.05) is 50.0 Å². The van der Waals surface area contributed by atoms with Crippen LogP contribution in [0.4, 0.5) is 11.9 Å². The number of anilines is 2. The number of rotatable bonds is 17. The predicted molar refractivity (Wildman–Crippen MR) is 224 cm³/mol. The minimum atomic E-state index is -0.664. The topological polar surface area (TPSA) is 253 Å². The van der Waals surface area contributed by atoms with Crippen molar-refractivity contribution < 1.29 is 23.9 Å². The Labute approximate surface area is 344 Å². The Morgan fingerprint density at radius 3 is 1.95 bits per heavy atom. The Morgan fingerprint density at radius 2 is 1.35 bits per heavy atom. The molecule has 6 heterocycles. The minimum Gasteiger partial charge on any atom is -0.491 e. The zero-order valence-electron chi connectivity index (χ0n) is 34.1. The summed E-state index contributed by atoms with van der Waals surface area (Å²) in [6, 6.07) is 8.09. The number of ether oxygens (including phenoxy) is 1. The Balaban J connectivity index is 1.22. The van der Waals surface area contributed by atoms with E-state index in [4.69, 9.17) is 21.2 Å². The first-order chi connectivity index (χ1) is 28.9. The van der Waals surface area contributed by atoms with E-state index < -0.39 is 23.6 Å². The summed E-state index contributed by atoms with van der Waals surface area (Å²) >= 11 is 0. The number of nitrogens with zero attached hydrogens (tertiary/aromatic N) is 10. The van der Waals surface area contributed by atoms with Gasteiger partial charge in [-0.05, 0) is 64.4 Å². The maximum atomic E-state index is 13.8. The average Bonchev–Trinajstić information content (AvgIpc) is 4.00. The number of benzene rings is 1. The number of hydrogen-bond acceptors (Lipinski definition) is 12. The van der Waals surface area contributed by atoms with Gasteiger partial charge in [0, 0.05) is 70.7 Å². The largest absolute Gasteiger partial charge is 0.491 e. The lowest BCUT2D eigenvalue weighted by molar-refractivity contribution is 0.0991. The number of amides is 4. The van der Waals surface area contributed by atoms with Crippen molar-refractivity contribution in [2.24, 2.45) is 11.5 Å². The molecule has 4 amide bonds. The normalized spacial score (nSPS) is 13.4. The van der Waals surface area contributed by atoms with Gasteiger partial charge in [-0.2, -0.15) is 10.2 Å². The molecule has 0 unspecified atom stereocenters. The van der Waals surface area contributed by atoms with Crippen LogP contribution in [0.3, 0.4) is 0 Å². The summed E-state index contributed by atoms with van der Waals surface area (Å²) in [4.78, 5) is 68.0. The van der Waals surface area contributed by atoms with E-state index in [9.17, 15) is 19.2 Å². The van der Waals surface area contributed by atoms with Crippen LogP contribution in [-0.2, 0) is 26.2 Å². The van der Waals surface area contributed by atoms with Gasteiger partial charge in [0.25, 0.3) is 11.8 Å². The van der Waals surface area contributed by atoms with Crippen LogP contribution < -0.4 is 32.2 Å². The van der Waals surface area contributed by atoms with Crippen LogP contribution in [0.5, 0.6) is 5.75 Å². The third-order valence-corrected chi connectivity index (χ3v) is 10.1. The number of allylic oxidation sites excluding steroid dienone is 2.